The summed E-state index contributed by atoms with van der Waals surface area (Å²) in [5, 5.41) is 8.53. The number of carbonyl (C=O) groups excluding carboxylic acids is 1. The van der Waals surface area contributed by atoms with Crippen molar-refractivity contribution in [1.29, 1.82) is 0 Å². The van der Waals surface area contributed by atoms with Crippen molar-refractivity contribution in [2.75, 3.05) is 13.2 Å². The van der Waals surface area contributed by atoms with E-state index in [0.717, 1.165) is 25.9 Å². The predicted octanol–water partition coefficient (Wildman–Crippen LogP) is 3.20. The van der Waals surface area contributed by atoms with Gasteiger partial charge in [0.1, 0.15) is 4.47 Å². The van der Waals surface area contributed by atoms with Crippen molar-refractivity contribution in [3.63, 3.8) is 0 Å². The average Bonchev–Trinajstić information content (AvgIpc) is 3.20. The van der Waals surface area contributed by atoms with E-state index in [9.17, 15) is 4.79 Å². The Balaban J connectivity index is 1.34. The number of halogens is 1. The summed E-state index contributed by atoms with van der Waals surface area (Å²) in [5.41, 5.74) is 1.61. The third-order valence-corrected chi connectivity index (χ3v) is 5.08. The van der Waals surface area contributed by atoms with Gasteiger partial charge in [0.2, 0.25) is 5.88 Å². The highest BCUT2D eigenvalue weighted by Gasteiger charge is 2.24. The van der Waals surface area contributed by atoms with Crippen molar-refractivity contribution < 1.29 is 9.53 Å². The summed E-state index contributed by atoms with van der Waals surface area (Å²) in [6.07, 6.45) is 3.85. The van der Waals surface area contributed by atoms with Gasteiger partial charge in [0, 0.05) is 37.8 Å². The molecule has 6 nitrogen and oxygen atoms in total. The van der Waals surface area contributed by atoms with Crippen molar-refractivity contribution in [2.45, 2.75) is 25.9 Å². The number of amides is 1. The molecule has 2 aromatic heterocycles. The number of carbonyl (C=O) groups is 1. The summed E-state index contributed by atoms with van der Waals surface area (Å²) >= 11 is 3.43. The lowest BCUT2D eigenvalue weighted by Crippen LogP contribution is -2.26. The number of hydrogen-bond acceptors (Lipinski definition) is 3. The topological polar surface area (TPSA) is 61.1 Å². The van der Waals surface area contributed by atoms with E-state index in [4.69, 9.17) is 4.74 Å². The molecule has 1 N–H and O–H groups in total. The molecule has 0 spiro atoms. The maximum Gasteiger partial charge on any atom is 0.273 e. The number of benzene rings is 1. The first-order chi connectivity index (χ1) is 12.2. The molecule has 0 radical (unpaired) electrons. The van der Waals surface area contributed by atoms with E-state index >= 15 is 0 Å². The maximum atomic E-state index is 12.4. The lowest BCUT2D eigenvalue weighted by Gasteiger charge is -2.14. The molecule has 3 heterocycles. The molecule has 0 fully saturated rings. The molecule has 1 amide bonds. The van der Waals surface area contributed by atoms with Gasteiger partial charge in [0.05, 0.1) is 6.61 Å². The lowest BCUT2D eigenvalue weighted by atomic mass is 10.2. The van der Waals surface area contributed by atoms with Gasteiger partial charge in [-0.05, 0) is 39.9 Å². The van der Waals surface area contributed by atoms with Crippen LogP contribution in [0.1, 0.15) is 23.3 Å². The Labute approximate surface area is 153 Å². The van der Waals surface area contributed by atoms with Gasteiger partial charge in [-0.1, -0.05) is 18.2 Å². The Morgan fingerprint density at radius 2 is 2.20 bits per heavy atom. The minimum atomic E-state index is -0.172. The van der Waals surface area contributed by atoms with Crippen molar-refractivity contribution in [3.8, 4) is 5.88 Å². The zero-order valence-corrected chi connectivity index (χ0v) is 15.3. The fraction of sp³-hybridized carbons (Fsp3) is 0.333. The van der Waals surface area contributed by atoms with E-state index < -0.39 is 0 Å². The first-order valence-corrected chi connectivity index (χ1v) is 9.24. The number of nitrogens with one attached hydrogen (secondary N) is 1. The number of para-hydroxylation sites is 1. The fourth-order valence-corrected chi connectivity index (χ4v) is 3.69. The van der Waals surface area contributed by atoms with Crippen LogP contribution in [0.5, 0.6) is 5.88 Å². The van der Waals surface area contributed by atoms with Crippen LogP contribution in [0.15, 0.2) is 41.0 Å². The van der Waals surface area contributed by atoms with Crippen LogP contribution >= 0.6 is 15.9 Å². The fourth-order valence-electron chi connectivity index (χ4n) is 3.11. The van der Waals surface area contributed by atoms with Crippen molar-refractivity contribution in [1.82, 2.24) is 19.7 Å². The van der Waals surface area contributed by atoms with E-state index in [1.54, 1.807) is 4.68 Å². The first kappa shape index (κ1) is 16.2. The van der Waals surface area contributed by atoms with E-state index in [1.807, 2.05) is 12.1 Å². The van der Waals surface area contributed by atoms with Gasteiger partial charge in [-0.25, -0.2) is 4.68 Å². The third-order valence-electron chi connectivity index (χ3n) is 4.36. The van der Waals surface area contributed by atoms with E-state index in [0.29, 0.717) is 29.2 Å². The van der Waals surface area contributed by atoms with Gasteiger partial charge in [-0.3, -0.25) is 4.79 Å². The highest BCUT2D eigenvalue weighted by molar-refractivity contribution is 9.10. The summed E-state index contributed by atoms with van der Waals surface area (Å²) in [4.78, 5) is 12.4. The number of fused-ring (bicyclic) bond motifs is 2. The summed E-state index contributed by atoms with van der Waals surface area (Å²) in [6, 6.07) is 10.4. The van der Waals surface area contributed by atoms with Gasteiger partial charge < -0.3 is 14.6 Å². The van der Waals surface area contributed by atoms with Gasteiger partial charge in [0.25, 0.3) is 5.91 Å². The van der Waals surface area contributed by atoms with Crippen LogP contribution in [-0.4, -0.2) is 33.4 Å². The molecule has 0 saturated heterocycles. The maximum absolute atomic E-state index is 12.4. The molecule has 0 aliphatic carbocycles. The van der Waals surface area contributed by atoms with Crippen molar-refractivity contribution >= 4 is 32.7 Å². The number of rotatable bonds is 5. The van der Waals surface area contributed by atoms with Gasteiger partial charge >= 0.3 is 0 Å². The number of nitrogens with zero attached hydrogens (tertiary/aromatic N) is 3. The minimum Gasteiger partial charge on any atom is -0.477 e. The highest BCUT2D eigenvalue weighted by Crippen LogP contribution is 2.31. The number of aromatic nitrogens is 3. The number of ether oxygens (including phenoxy) is 1. The van der Waals surface area contributed by atoms with Crippen LogP contribution in [-0.2, 0) is 13.1 Å². The second-order valence-corrected chi connectivity index (χ2v) is 6.86. The highest BCUT2D eigenvalue weighted by atomic mass is 79.9. The van der Waals surface area contributed by atoms with Crippen LogP contribution in [0.2, 0.25) is 0 Å². The van der Waals surface area contributed by atoms with E-state index in [2.05, 4.69) is 55.3 Å². The molecule has 4 rings (SSSR count). The molecule has 130 valence electrons. The second-order valence-electron chi connectivity index (χ2n) is 6.07. The summed E-state index contributed by atoms with van der Waals surface area (Å²) < 4.78 is 10.2. The van der Waals surface area contributed by atoms with Crippen LogP contribution < -0.4 is 10.1 Å². The van der Waals surface area contributed by atoms with Crippen LogP contribution in [0.25, 0.3) is 10.9 Å². The van der Waals surface area contributed by atoms with Gasteiger partial charge in [-0.15, -0.1) is 0 Å². The van der Waals surface area contributed by atoms with Crippen molar-refractivity contribution in [3.05, 3.63) is 46.7 Å². The predicted molar refractivity (Wildman–Crippen MR) is 98.9 cm³/mol. The molecule has 1 aliphatic rings. The van der Waals surface area contributed by atoms with Crippen molar-refractivity contribution in [2.24, 2.45) is 0 Å². The molecular formula is C18H19BrN4O2. The monoisotopic (exact) mass is 402 g/mol. The molecule has 25 heavy (non-hydrogen) atoms. The third kappa shape index (κ3) is 3.16. The molecule has 7 heteroatoms. The quantitative estimate of drug-likeness (QED) is 0.666. The Morgan fingerprint density at radius 1 is 1.32 bits per heavy atom. The van der Waals surface area contributed by atoms with Crippen LogP contribution in [0.4, 0.5) is 0 Å². The smallest absolute Gasteiger partial charge is 0.273 e. The zero-order chi connectivity index (χ0) is 17.2. The van der Waals surface area contributed by atoms with Crippen LogP contribution in [0.3, 0.4) is 0 Å². The number of hydrogen-bond donors (Lipinski definition) is 1. The minimum absolute atomic E-state index is 0.172. The molecule has 0 saturated carbocycles. The molecule has 1 aromatic carbocycles. The second kappa shape index (κ2) is 6.92. The molecular weight excluding hydrogens is 384 g/mol. The molecule has 3 aromatic rings. The van der Waals surface area contributed by atoms with Crippen LogP contribution in [0, 0.1) is 0 Å². The Bertz CT molecular complexity index is 915. The standard InChI is InChI=1S/C18H19BrN4O2/c19-15-16(21-23-10-4-12-25-18(15)23)17(24)20-8-3-9-22-11-7-13-5-1-2-6-14(13)22/h1-2,5-7,11H,3-4,8-10,12H2,(H,20,24). The van der Waals surface area contributed by atoms with E-state index in [1.165, 1.54) is 10.9 Å². The molecule has 0 atom stereocenters. The normalized spacial score (nSPS) is 13.5. The Hall–Kier alpha value is -2.28. The largest absolute Gasteiger partial charge is 0.477 e. The van der Waals surface area contributed by atoms with Gasteiger partial charge in [-0.2, -0.15) is 5.10 Å². The van der Waals surface area contributed by atoms with E-state index in [-0.39, 0.29) is 5.91 Å². The first-order valence-electron chi connectivity index (χ1n) is 8.45. The lowest BCUT2D eigenvalue weighted by molar-refractivity contribution is 0.0946. The summed E-state index contributed by atoms with van der Waals surface area (Å²) in [5.74, 6) is 0.477. The summed E-state index contributed by atoms with van der Waals surface area (Å²) in [6.45, 7) is 2.90. The Kier molecular flexibility index (Phi) is 4.48. The zero-order valence-electron chi connectivity index (χ0n) is 13.7. The van der Waals surface area contributed by atoms with Gasteiger partial charge in [0.15, 0.2) is 5.69 Å². The molecule has 0 bridgehead atoms. The molecule has 0 unspecified atom stereocenters. The number of aryl methyl sites for hydroxylation is 2. The summed E-state index contributed by atoms with van der Waals surface area (Å²) in [7, 11) is 0. The average molecular weight is 403 g/mol. The Morgan fingerprint density at radius 3 is 3.08 bits per heavy atom. The SMILES string of the molecule is O=C(NCCCn1ccc2ccccc21)c1nn2c(c1Br)OCCC2. The molecule has 1 aliphatic heterocycles.